The maximum absolute atomic E-state index is 12.0. The second-order valence-electron chi connectivity index (χ2n) is 4.86. The number of nitriles is 1. The van der Waals surface area contributed by atoms with E-state index in [0.717, 1.165) is 19.3 Å². The van der Waals surface area contributed by atoms with Gasteiger partial charge in [0.25, 0.3) is 6.26 Å². The summed E-state index contributed by atoms with van der Waals surface area (Å²) in [5, 5.41) is 8.28. The number of sulfone groups is 1. The van der Waals surface area contributed by atoms with Crippen molar-refractivity contribution in [2.45, 2.75) is 70.1 Å². The molecular weight excluding hydrogens is 250 g/mol. The molecule has 106 valence electrons. The van der Waals surface area contributed by atoms with E-state index in [1.54, 1.807) is 6.26 Å². The van der Waals surface area contributed by atoms with Gasteiger partial charge < -0.3 is 4.74 Å². The van der Waals surface area contributed by atoms with E-state index in [2.05, 4.69) is 0 Å². The number of hydrogen-bond donors (Lipinski definition) is 0. The monoisotopic (exact) mass is 275 g/mol. The zero-order valence-corrected chi connectivity index (χ0v) is 12.7. The second-order valence-corrected chi connectivity index (χ2v) is 7.09. The topological polar surface area (TPSA) is 67.2 Å². The Hall–Kier alpha value is -0.760. The highest BCUT2D eigenvalue weighted by atomic mass is 32.2. The molecule has 0 bridgehead atoms. The van der Waals surface area contributed by atoms with E-state index >= 15 is 0 Å². The molecule has 18 heavy (non-hydrogen) atoms. The molecule has 0 aliphatic rings. The third-order valence-corrected chi connectivity index (χ3v) is 4.95. The number of rotatable bonds is 9. The fourth-order valence-corrected chi connectivity index (χ4v) is 4.41. The highest BCUT2D eigenvalue weighted by Gasteiger charge is 2.45. The van der Waals surface area contributed by atoms with Gasteiger partial charge in [-0.3, -0.25) is 0 Å². The molecule has 4 nitrogen and oxygen atoms in total. The van der Waals surface area contributed by atoms with Crippen LogP contribution in [0.2, 0.25) is 0 Å². The largest absolute Gasteiger partial charge is 0.420 e. The fraction of sp³-hybridized carbons (Fsp3) is 0.923. The van der Waals surface area contributed by atoms with Gasteiger partial charge in [-0.2, -0.15) is 5.26 Å². The van der Waals surface area contributed by atoms with Gasteiger partial charge in [0.15, 0.2) is 9.84 Å². The van der Waals surface area contributed by atoms with E-state index in [4.69, 9.17) is 10.00 Å². The first-order valence-electron chi connectivity index (χ1n) is 6.63. The summed E-state index contributed by atoms with van der Waals surface area (Å²) in [5.74, 6) is 0. The van der Waals surface area contributed by atoms with Crippen LogP contribution in [-0.4, -0.2) is 25.5 Å². The van der Waals surface area contributed by atoms with E-state index in [1.165, 1.54) is 6.26 Å². The summed E-state index contributed by atoms with van der Waals surface area (Å²) in [6, 6.07) is 0. The summed E-state index contributed by atoms with van der Waals surface area (Å²) in [7, 11) is -3.23. The van der Waals surface area contributed by atoms with E-state index in [1.807, 2.05) is 20.8 Å². The maximum atomic E-state index is 12.0. The standard InChI is InChI=1S/C13H25NO3S/c1-5-8-12(18(4,15)16)13(9-6-2,10-7-3)17-11-14/h12H,5-10H2,1-4H3. The molecule has 0 heterocycles. The Kier molecular flexibility index (Phi) is 7.30. The SMILES string of the molecule is CCCC(C(CCC)(CCC)OC#N)S(C)(=O)=O. The minimum absolute atomic E-state index is 0.542. The maximum Gasteiger partial charge on any atom is 0.286 e. The van der Waals surface area contributed by atoms with Crippen LogP contribution < -0.4 is 0 Å². The molecule has 0 aromatic heterocycles. The molecule has 0 N–H and O–H groups in total. The number of nitrogens with zero attached hydrogens (tertiary/aromatic N) is 1. The number of ether oxygens (including phenoxy) is 1. The molecule has 0 saturated carbocycles. The van der Waals surface area contributed by atoms with Crippen LogP contribution in [0.4, 0.5) is 0 Å². The molecule has 1 unspecified atom stereocenters. The summed E-state index contributed by atoms with van der Waals surface area (Å²) >= 11 is 0. The van der Waals surface area contributed by atoms with Gasteiger partial charge in [-0.25, -0.2) is 8.42 Å². The molecule has 1 atom stereocenters. The summed E-state index contributed by atoms with van der Waals surface area (Å²) in [6.45, 7) is 5.92. The number of hydrogen-bond acceptors (Lipinski definition) is 4. The van der Waals surface area contributed by atoms with Crippen LogP contribution in [0.5, 0.6) is 0 Å². The van der Waals surface area contributed by atoms with E-state index in [0.29, 0.717) is 19.3 Å². The van der Waals surface area contributed by atoms with Crippen molar-refractivity contribution < 1.29 is 13.2 Å². The summed E-state index contributed by atoms with van der Waals surface area (Å²) in [5.41, 5.74) is -0.845. The van der Waals surface area contributed by atoms with E-state index < -0.39 is 20.7 Å². The average molecular weight is 275 g/mol. The molecule has 0 aromatic rings. The highest BCUT2D eigenvalue weighted by molar-refractivity contribution is 7.91. The predicted molar refractivity (Wildman–Crippen MR) is 72.8 cm³/mol. The van der Waals surface area contributed by atoms with Crippen molar-refractivity contribution in [3.63, 3.8) is 0 Å². The van der Waals surface area contributed by atoms with Crippen molar-refractivity contribution in [3.8, 4) is 6.26 Å². The highest BCUT2D eigenvalue weighted by Crippen LogP contribution is 2.34. The van der Waals surface area contributed by atoms with Crippen molar-refractivity contribution in [1.29, 1.82) is 5.26 Å². The van der Waals surface area contributed by atoms with Crippen molar-refractivity contribution in [1.82, 2.24) is 0 Å². The zero-order valence-electron chi connectivity index (χ0n) is 11.9. The first kappa shape index (κ1) is 17.2. The molecule has 0 aromatic carbocycles. The normalized spacial score (nSPS) is 13.9. The van der Waals surface area contributed by atoms with Crippen molar-refractivity contribution >= 4 is 9.84 Å². The van der Waals surface area contributed by atoms with Gasteiger partial charge in [0.2, 0.25) is 0 Å². The van der Waals surface area contributed by atoms with Gasteiger partial charge in [0, 0.05) is 6.26 Å². The van der Waals surface area contributed by atoms with Gasteiger partial charge in [0.1, 0.15) is 10.9 Å². The van der Waals surface area contributed by atoms with Crippen molar-refractivity contribution in [3.05, 3.63) is 0 Å². The van der Waals surface area contributed by atoms with Crippen LogP contribution in [-0.2, 0) is 14.6 Å². The van der Waals surface area contributed by atoms with Crippen LogP contribution in [0.25, 0.3) is 0 Å². The lowest BCUT2D eigenvalue weighted by molar-refractivity contribution is 0.0102. The molecule has 5 heteroatoms. The third-order valence-electron chi connectivity index (χ3n) is 3.25. The lowest BCUT2D eigenvalue weighted by Crippen LogP contribution is -2.48. The first-order chi connectivity index (χ1) is 8.37. The Morgan fingerprint density at radius 2 is 1.67 bits per heavy atom. The van der Waals surface area contributed by atoms with Crippen LogP contribution in [0.3, 0.4) is 0 Å². The van der Waals surface area contributed by atoms with Gasteiger partial charge in [-0.05, 0) is 19.3 Å². The summed E-state index contributed by atoms with van der Waals surface area (Å²) in [4.78, 5) is 0. The predicted octanol–water partition coefficient (Wildman–Crippen LogP) is 3.04. The van der Waals surface area contributed by atoms with Gasteiger partial charge in [0.05, 0.1) is 0 Å². The average Bonchev–Trinajstić information content (AvgIpc) is 2.25. The summed E-state index contributed by atoms with van der Waals surface area (Å²) in [6.07, 6.45) is 7.09. The van der Waals surface area contributed by atoms with Gasteiger partial charge >= 0.3 is 0 Å². The molecule has 0 fully saturated rings. The summed E-state index contributed by atoms with van der Waals surface area (Å²) < 4.78 is 29.3. The van der Waals surface area contributed by atoms with Crippen LogP contribution in [0.15, 0.2) is 0 Å². The van der Waals surface area contributed by atoms with Crippen LogP contribution in [0.1, 0.15) is 59.3 Å². The Balaban J connectivity index is 5.51. The fourth-order valence-electron chi connectivity index (χ4n) is 2.68. The smallest absolute Gasteiger partial charge is 0.286 e. The Morgan fingerprint density at radius 1 is 1.17 bits per heavy atom. The van der Waals surface area contributed by atoms with Crippen LogP contribution in [0, 0.1) is 11.5 Å². The molecule has 0 spiro atoms. The van der Waals surface area contributed by atoms with Crippen LogP contribution >= 0.6 is 0 Å². The molecule has 0 aliphatic carbocycles. The minimum Gasteiger partial charge on any atom is -0.420 e. The Bertz CT molecular complexity index is 364. The Morgan fingerprint density at radius 3 is 1.94 bits per heavy atom. The first-order valence-corrected chi connectivity index (χ1v) is 8.59. The molecule has 0 rings (SSSR count). The molecule has 0 saturated heterocycles. The van der Waals surface area contributed by atoms with Gasteiger partial charge in [-0.1, -0.05) is 40.0 Å². The molecule has 0 aliphatic heterocycles. The third kappa shape index (κ3) is 4.49. The van der Waals surface area contributed by atoms with E-state index in [-0.39, 0.29) is 0 Å². The lowest BCUT2D eigenvalue weighted by Gasteiger charge is -2.37. The van der Waals surface area contributed by atoms with Crippen molar-refractivity contribution in [2.24, 2.45) is 0 Å². The quantitative estimate of drug-likeness (QED) is 0.607. The molecular formula is C13H25NO3S. The second kappa shape index (κ2) is 7.63. The molecule has 0 amide bonds. The minimum atomic E-state index is -3.23. The zero-order chi connectivity index (χ0) is 14.2. The Labute approximate surface area is 111 Å². The van der Waals surface area contributed by atoms with Gasteiger partial charge in [-0.15, -0.1) is 0 Å². The lowest BCUT2D eigenvalue weighted by atomic mass is 9.86. The molecule has 0 radical (unpaired) electrons. The van der Waals surface area contributed by atoms with E-state index in [9.17, 15) is 8.42 Å². The van der Waals surface area contributed by atoms with Crippen molar-refractivity contribution in [2.75, 3.05) is 6.26 Å².